The Bertz CT molecular complexity index is 526. The summed E-state index contributed by atoms with van der Waals surface area (Å²) in [5.41, 5.74) is 1.86. The van der Waals surface area contributed by atoms with Crippen LogP contribution in [0.15, 0.2) is 24.3 Å². The normalized spacial score (nSPS) is 25.4. The van der Waals surface area contributed by atoms with Gasteiger partial charge in [0.15, 0.2) is 0 Å². The smallest absolute Gasteiger partial charge is 0.307 e. The number of rotatable bonds is 3. The van der Waals surface area contributed by atoms with Gasteiger partial charge in [0.1, 0.15) is 0 Å². The van der Waals surface area contributed by atoms with Crippen LogP contribution >= 0.6 is 0 Å². The van der Waals surface area contributed by atoms with Crippen LogP contribution in [0.5, 0.6) is 0 Å². The van der Waals surface area contributed by atoms with Gasteiger partial charge >= 0.3 is 5.97 Å². The number of aliphatic carboxylic acids is 1. The fraction of sp³-hybridized carbons (Fsp3) is 0.500. The first-order chi connectivity index (χ1) is 9.41. The molecule has 108 valence electrons. The molecule has 3 atom stereocenters. The lowest BCUT2D eigenvalue weighted by atomic mass is 9.94. The minimum absolute atomic E-state index is 0.0870. The molecule has 0 radical (unpaired) electrons. The molecule has 1 saturated carbocycles. The molecule has 1 N–H and O–H groups in total. The SMILES string of the molecule is Cc1ccccc1N(C)C(=O)C1CC(C)CC1C(=O)O. The highest BCUT2D eigenvalue weighted by Gasteiger charge is 2.42. The summed E-state index contributed by atoms with van der Waals surface area (Å²) in [6, 6.07) is 7.65. The van der Waals surface area contributed by atoms with Crippen molar-refractivity contribution >= 4 is 17.6 Å². The van der Waals surface area contributed by atoms with Gasteiger partial charge in [0, 0.05) is 12.7 Å². The molecule has 1 fully saturated rings. The summed E-state index contributed by atoms with van der Waals surface area (Å²) in [6.45, 7) is 3.96. The van der Waals surface area contributed by atoms with E-state index in [1.54, 1.807) is 11.9 Å². The van der Waals surface area contributed by atoms with Gasteiger partial charge in [0.25, 0.3) is 0 Å². The molecule has 4 nitrogen and oxygen atoms in total. The molecule has 20 heavy (non-hydrogen) atoms. The van der Waals surface area contributed by atoms with Crippen LogP contribution in [0, 0.1) is 24.7 Å². The number of carbonyl (C=O) groups is 2. The molecule has 1 aromatic carbocycles. The average Bonchev–Trinajstić information content (AvgIpc) is 2.80. The fourth-order valence-electron chi connectivity index (χ4n) is 3.14. The molecule has 1 aliphatic rings. The highest BCUT2D eigenvalue weighted by Crippen LogP contribution is 2.38. The molecule has 0 spiro atoms. The molecular formula is C16H21NO3. The molecular weight excluding hydrogens is 254 g/mol. The van der Waals surface area contributed by atoms with Crippen molar-refractivity contribution in [1.29, 1.82) is 0 Å². The number of anilines is 1. The second-order valence-corrected chi connectivity index (χ2v) is 5.81. The second kappa shape index (κ2) is 5.65. The first kappa shape index (κ1) is 14.6. The molecule has 0 saturated heterocycles. The third-order valence-corrected chi connectivity index (χ3v) is 4.24. The lowest BCUT2D eigenvalue weighted by Crippen LogP contribution is -2.37. The third kappa shape index (κ3) is 2.69. The fourth-order valence-corrected chi connectivity index (χ4v) is 3.14. The van der Waals surface area contributed by atoms with Crippen LogP contribution in [-0.4, -0.2) is 24.0 Å². The Morgan fingerprint density at radius 3 is 2.40 bits per heavy atom. The van der Waals surface area contributed by atoms with Crippen molar-refractivity contribution in [2.45, 2.75) is 26.7 Å². The van der Waals surface area contributed by atoms with E-state index in [1.165, 1.54) is 0 Å². The monoisotopic (exact) mass is 275 g/mol. The van der Waals surface area contributed by atoms with Crippen LogP contribution in [0.1, 0.15) is 25.3 Å². The lowest BCUT2D eigenvalue weighted by Gasteiger charge is -2.24. The number of aryl methyl sites for hydroxylation is 1. The topological polar surface area (TPSA) is 57.6 Å². The van der Waals surface area contributed by atoms with Crippen molar-refractivity contribution in [3.8, 4) is 0 Å². The number of amides is 1. The van der Waals surface area contributed by atoms with Crippen molar-refractivity contribution in [3.05, 3.63) is 29.8 Å². The first-order valence-corrected chi connectivity index (χ1v) is 6.97. The van der Waals surface area contributed by atoms with E-state index in [0.29, 0.717) is 12.8 Å². The summed E-state index contributed by atoms with van der Waals surface area (Å²) in [6.07, 6.45) is 1.25. The van der Waals surface area contributed by atoms with Crippen molar-refractivity contribution in [2.24, 2.45) is 17.8 Å². The Kier molecular flexibility index (Phi) is 4.12. The molecule has 2 rings (SSSR count). The third-order valence-electron chi connectivity index (χ3n) is 4.24. The van der Waals surface area contributed by atoms with Gasteiger partial charge in [-0.2, -0.15) is 0 Å². The van der Waals surface area contributed by atoms with Crippen LogP contribution in [0.4, 0.5) is 5.69 Å². The Labute approximate surface area is 119 Å². The summed E-state index contributed by atoms with van der Waals surface area (Å²) >= 11 is 0. The Hall–Kier alpha value is -1.84. The zero-order chi connectivity index (χ0) is 14.9. The van der Waals surface area contributed by atoms with Gasteiger partial charge in [-0.25, -0.2) is 0 Å². The number of carbonyl (C=O) groups excluding carboxylic acids is 1. The highest BCUT2D eigenvalue weighted by molar-refractivity contribution is 5.97. The van der Waals surface area contributed by atoms with Crippen molar-refractivity contribution in [3.63, 3.8) is 0 Å². The van der Waals surface area contributed by atoms with Crippen molar-refractivity contribution < 1.29 is 14.7 Å². The van der Waals surface area contributed by atoms with Crippen LogP contribution < -0.4 is 4.90 Å². The summed E-state index contributed by atoms with van der Waals surface area (Å²) in [5.74, 6) is -1.62. The van der Waals surface area contributed by atoms with E-state index in [1.807, 2.05) is 38.1 Å². The van der Waals surface area contributed by atoms with Gasteiger partial charge in [-0.1, -0.05) is 25.1 Å². The van der Waals surface area contributed by atoms with E-state index >= 15 is 0 Å². The Morgan fingerprint density at radius 2 is 1.80 bits per heavy atom. The van der Waals surface area contributed by atoms with E-state index in [-0.39, 0.29) is 11.8 Å². The number of benzene rings is 1. The Morgan fingerprint density at radius 1 is 1.20 bits per heavy atom. The zero-order valence-electron chi connectivity index (χ0n) is 12.2. The van der Waals surface area contributed by atoms with Gasteiger partial charge in [0.05, 0.1) is 11.8 Å². The van der Waals surface area contributed by atoms with Crippen LogP contribution in [0.2, 0.25) is 0 Å². The number of hydrogen-bond acceptors (Lipinski definition) is 2. The van der Waals surface area contributed by atoms with Gasteiger partial charge in [0.2, 0.25) is 5.91 Å². The predicted octanol–water partition coefficient (Wildman–Crippen LogP) is 2.70. The number of hydrogen-bond donors (Lipinski definition) is 1. The minimum Gasteiger partial charge on any atom is -0.481 e. The van der Waals surface area contributed by atoms with E-state index in [2.05, 4.69) is 0 Å². The van der Waals surface area contributed by atoms with Crippen molar-refractivity contribution in [1.82, 2.24) is 0 Å². The van der Waals surface area contributed by atoms with Gasteiger partial charge in [-0.15, -0.1) is 0 Å². The average molecular weight is 275 g/mol. The number of carboxylic acids is 1. The minimum atomic E-state index is -0.856. The molecule has 1 amide bonds. The lowest BCUT2D eigenvalue weighted by molar-refractivity contribution is -0.145. The van der Waals surface area contributed by atoms with Crippen molar-refractivity contribution in [2.75, 3.05) is 11.9 Å². The van der Waals surface area contributed by atoms with E-state index in [4.69, 9.17) is 0 Å². The van der Waals surface area contributed by atoms with E-state index in [9.17, 15) is 14.7 Å². The molecule has 3 unspecified atom stereocenters. The maximum Gasteiger partial charge on any atom is 0.307 e. The van der Waals surface area contributed by atoms with Crippen LogP contribution in [0.25, 0.3) is 0 Å². The largest absolute Gasteiger partial charge is 0.481 e. The molecule has 0 aromatic heterocycles. The molecule has 0 bridgehead atoms. The van der Waals surface area contributed by atoms with Crippen LogP contribution in [0.3, 0.4) is 0 Å². The molecule has 1 aromatic rings. The zero-order valence-corrected chi connectivity index (χ0v) is 12.2. The number of carboxylic acid groups (broad SMARTS) is 1. The van der Waals surface area contributed by atoms with E-state index < -0.39 is 17.8 Å². The van der Waals surface area contributed by atoms with Gasteiger partial charge in [-0.05, 0) is 37.3 Å². The van der Waals surface area contributed by atoms with E-state index in [0.717, 1.165) is 11.3 Å². The molecule has 0 heterocycles. The summed E-state index contributed by atoms with van der Waals surface area (Å²) in [4.78, 5) is 25.5. The second-order valence-electron chi connectivity index (χ2n) is 5.81. The molecule has 1 aliphatic carbocycles. The maximum absolute atomic E-state index is 12.6. The maximum atomic E-state index is 12.6. The highest BCUT2D eigenvalue weighted by atomic mass is 16.4. The summed E-state index contributed by atoms with van der Waals surface area (Å²) < 4.78 is 0. The summed E-state index contributed by atoms with van der Waals surface area (Å²) in [5, 5.41) is 9.29. The van der Waals surface area contributed by atoms with Gasteiger partial charge < -0.3 is 10.0 Å². The van der Waals surface area contributed by atoms with Gasteiger partial charge in [-0.3, -0.25) is 9.59 Å². The number of para-hydroxylation sites is 1. The Balaban J connectivity index is 2.22. The number of nitrogens with zero attached hydrogens (tertiary/aromatic N) is 1. The first-order valence-electron chi connectivity index (χ1n) is 6.97. The predicted molar refractivity (Wildman–Crippen MR) is 77.6 cm³/mol. The standard InChI is InChI=1S/C16H21NO3/c1-10-8-12(13(9-10)16(19)20)15(18)17(3)14-7-5-4-6-11(14)2/h4-7,10,12-13H,8-9H2,1-3H3,(H,19,20). The summed E-state index contributed by atoms with van der Waals surface area (Å²) in [7, 11) is 1.73. The molecule has 4 heteroatoms. The quantitative estimate of drug-likeness (QED) is 0.922. The molecule has 0 aliphatic heterocycles. The van der Waals surface area contributed by atoms with Crippen LogP contribution in [-0.2, 0) is 9.59 Å².